The number of aldehydes is 1. The van der Waals surface area contributed by atoms with Crippen LogP contribution in [0.3, 0.4) is 0 Å². The second kappa shape index (κ2) is 10.1. The molecule has 0 aromatic heterocycles. The van der Waals surface area contributed by atoms with Gasteiger partial charge >= 0.3 is 0 Å². The number of aliphatic hydroxyl groups excluding tert-OH is 1. The highest BCUT2D eigenvalue weighted by atomic mass is 16.2. The van der Waals surface area contributed by atoms with E-state index in [4.69, 9.17) is 5.11 Å². The van der Waals surface area contributed by atoms with Gasteiger partial charge in [-0.25, -0.2) is 0 Å². The topological polar surface area (TPSA) is 57.6 Å². The normalized spacial score (nSPS) is 16.9. The van der Waals surface area contributed by atoms with Gasteiger partial charge in [0.15, 0.2) is 0 Å². The molecule has 1 amide bonds. The Bertz CT molecular complexity index is 419. The van der Waals surface area contributed by atoms with Crippen LogP contribution in [0.1, 0.15) is 40.0 Å². The zero-order valence-electron chi connectivity index (χ0n) is 12.8. The van der Waals surface area contributed by atoms with Crippen LogP contribution in [0.25, 0.3) is 0 Å². The molecule has 112 valence electrons. The summed E-state index contributed by atoms with van der Waals surface area (Å²) >= 11 is 0. The van der Waals surface area contributed by atoms with Crippen molar-refractivity contribution < 1.29 is 14.7 Å². The SMILES string of the molecule is CC.CC1=CCC2=C(C=C1)CCC(=O)N2CC=O.CO. The van der Waals surface area contributed by atoms with E-state index in [2.05, 4.69) is 18.2 Å². The van der Waals surface area contributed by atoms with Crippen molar-refractivity contribution in [3.63, 3.8) is 0 Å². The Morgan fingerprint density at radius 2 is 1.90 bits per heavy atom. The van der Waals surface area contributed by atoms with E-state index in [1.54, 1.807) is 4.90 Å². The molecule has 1 aliphatic heterocycles. The number of rotatable bonds is 2. The Morgan fingerprint density at radius 1 is 1.25 bits per heavy atom. The average molecular weight is 279 g/mol. The lowest BCUT2D eigenvalue weighted by Gasteiger charge is -2.29. The molecule has 0 aromatic rings. The molecule has 0 fully saturated rings. The molecule has 2 aliphatic rings. The second-order valence-corrected chi connectivity index (χ2v) is 4.13. The first kappa shape index (κ1) is 18.3. The molecule has 0 unspecified atom stereocenters. The van der Waals surface area contributed by atoms with Gasteiger partial charge < -0.3 is 14.8 Å². The zero-order valence-corrected chi connectivity index (χ0v) is 12.8. The van der Waals surface area contributed by atoms with E-state index < -0.39 is 0 Å². The van der Waals surface area contributed by atoms with E-state index in [9.17, 15) is 9.59 Å². The summed E-state index contributed by atoms with van der Waals surface area (Å²) in [6.07, 6.45) is 9.06. The molecule has 1 heterocycles. The molecule has 20 heavy (non-hydrogen) atoms. The lowest BCUT2D eigenvalue weighted by Crippen LogP contribution is -2.35. The third-order valence-corrected chi connectivity index (χ3v) is 3.03. The first-order chi connectivity index (χ1) is 9.72. The fourth-order valence-corrected chi connectivity index (χ4v) is 2.11. The van der Waals surface area contributed by atoms with Crippen molar-refractivity contribution in [2.24, 2.45) is 0 Å². The van der Waals surface area contributed by atoms with Crippen molar-refractivity contribution in [3.05, 3.63) is 35.1 Å². The Morgan fingerprint density at radius 3 is 2.50 bits per heavy atom. The number of amides is 1. The lowest BCUT2D eigenvalue weighted by atomic mass is 10.00. The standard InChI is InChI=1S/C13H15NO2.C2H6.CH4O/c1-10-2-4-11-5-7-13(16)14(8-9-15)12(11)6-3-10;2*1-2/h2-4,9H,5-8H2,1H3;1-2H3;2H,1H3. The molecule has 0 saturated heterocycles. The van der Waals surface area contributed by atoms with Gasteiger partial charge in [0.1, 0.15) is 6.29 Å². The summed E-state index contributed by atoms with van der Waals surface area (Å²) in [6, 6.07) is 0. The number of aliphatic hydroxyl groups is 1. The molecule has 4 heteroatoms. The number of allylic oxidation sites excluding steroid dienone is 5. The molecule has 0 radical (unpaired) electrons. The van der Waals surface area contributed by atoms with Crippen LogP contribution in [-0.4, -0.2) is 35.9 Å². The van der Waals surface area contributed by atoms with E-state index in [-0.39, 0.29) is 12.5 Å². The fourth-order valence-electron chi connectivity index (χ4n) is 2.11. The number of carbonyl (C=O) groups excluding carboxylic acids is 2. The molecule has 1 aliphatic carbocycles. The van der Waals surface area contributed by atoms with Crippen LogP contribution in [0.4, 0.5) is 0 Å². The zero-order chi connectivity index (χ0) is 15.5. The summed E-state index contributed by atoms with van der Waals surface area (Å²) in [6.45, 7) is 6.22. The molecular formula is C16H25NO3. The third kappa shape index (κ3) is 4.78. The smallest absolute Gasteiger partial charge is 0.227 e. The minimum absolute atomic E-state index is 0.0622. The summed E-state index contributed by atoms with van der Waals surface area (Å²) in [5.74, 6) is 0.0622. The summed E-state index contributed by atoms with van der Waals surface area (Å²) < 4.78 is 0. The molecule has 0 saturated carbocycles. The number of hydrogen-bond donors (Lipinski definition) is 1. The minimum Gasteiger partial charge on any atom is -0.400 e. The van der Waals surface area contributed by atoms with E-state index >= 15 is 0 Å². The predicted molar refractivity (Wildman–Crippen MR) is 81.0 cm³/mol. The van der Waals surface area contributed by atoms with E-state index in [0.717, 1.165) is 31.9 Å². The van der Waals surface area contributed by atoms with Crippen LogP contribution in [0, 0.1) is 0 Å². The number of hydrogen-bond acceptors (Lipinski definition) is 3. The van der Waals surface area contributed by atoms with E-state index in [0.29, 0.717) is 6.42 Å². The van der Waals surface area contributed by atoms with Gasteiger partial charge in [-0.2, -0.15) is 0 Å². The second-order valence-electron chi connectivity index (χ2n) is 4.13. The Kier molecular flexibility index (Phi) is 9.30. The van der Waals surface area contributed by atoms with Crippen LogP contribution in [0.2, 0.25) is 0 Å². The third-order valence-electron chi connectivity index (χ3n) is 3.03. The number of carbonyl (C=O) groups is 2. The summed E-state index contributed by atoms with van der Waals surface area (Å²) in [4.78, 5) is 23.9. The first-order valence-corrected chi connectivity index (χ1v) is 6.98. The summed E-state index contributed by atoms with van der Waals surface area (Å²) in [7, 11) is 1.00. The van der Waals surface area contributed by atoms with Crippen LogP contribution >= 0.6 is 0 Å². The van der Waals surface area contributed by atoms with Crippen molar-refractivity contribution in [2.75, 3.05) is 13.7 Å². The minimum atomic E-state index is 0.0622. The molecule has 0 spiro atoms. The van der Waals surface area contributed by atoms with Crippen molar-refractivity contribution >= 4 is 12.2 Å². The molecule has 0 atom stereocenters. The monoisotopic (exact) mass is 279 g/mol. The molecular weight excluding hydrogens is 254 g/mol. The van der Waals surface area contributed by atoms with Gasteiger partial charge in [-0.15, -0.1) is 0 Å². The number of nitrogens with zero attached hydrogens (tertiary/aromatic N) is 1. The predicted octanol–water partition coefficient (Wildman–Crippen LogP) is 2.60. The maximum absolute atomic E-state index is 11.7. The van der Waals surface area contributed by atoms with Gasteiger partial charge in [-0.3, -0.25) is 4.79 Å². The van der Waals surface area contributed by atoms with Gasteiger partial charge in [0.2, 0.25) is 5.91 Å². The van der Waals surface area contributed by atoms with Crippen molar-refractivity contribution in [3.8, 4) is 0 Å². The van der Waals surface area contributed by atoms with Crippen LogP contribution in [-0.2, 0) is 9.59 Å². The molecule has 2 rings (SSSR count). The quantitative estimate of drug-likeness (QED) is 0.790. The van der Waals surface area contributed by atoms with Gasteiger partial charge in [0.25, 0.3) is 0 Å². The van der Waals surface area contributed by atoms with E-state index in [1.165, 1.54) is 11.1 Å². The highest BCUT2D eigenvalue weighted by Crippen LogP contribution is 2.29. The van der Waals surface area contributed by atoms with Gasteiger partial charge in [-0.1, -0.05) is 37.6 Å². The highest BCUT2D eigenvalue weighted by molar-refractivity contribution is 5.82. The van der Waals surface area contributed by atoms with Crippen molar-refractivity contribution in [1.29, 1.82) is 0 Å². The highest BCUT2D eigenvalue weighted by Gasteiger charge is 2.25. The van der Waals surface area contributed by atoms with Crippen LogP contribution in [0.5, 0.6) is 0 Å². The molecule has 0 aromatic carbocycles. The van der Waals surface area contributed by atoms with Gasteiger partial charge in [0.05, 0.1) is 6.54 Å². The fraction of sp³-hybridized carbons (Fsp3) is 0.500. The Balaban J connectivity index is 0.000000829. The van der Waals surface area contributed by atoms with Crippen LogP contribution < -0.4 is 0 Å². The van der Waals surface area contributed by atoms with Gasteiger partial charge in [-0.05, 0) is 18.9 Å². The maximum atomic E-state index is 11.7. The van der Waals surface area contributed by atoms with Gasteiger partial charge in [0, 0.05) is 25.6 Å². The lowest BCUT2D eigenvalue weighted by molar-refractivity contribution is -0.131. The largest absolute Gasteiger partial charge is 0.400 e. The molecule has 1 N–H and O–H groups in total. The first-order valence-electron chi connectivity index (χ1n) is 6.98. The molecule has 0 bridgehead atoms. The van der Waals surface area contributed by atoms with Crippen molar-refractivity contribution in [2.45, 2.75) is 40.0 Å². The summed E-state index contributed by atoms with van der Waals surface area (Å²) in [5.41, 5.74) is 3.39. The summed E-state index contributed by atoms with van der Waals surface area (Å²) in [5, 5.41) is 7.00. The Hall–Kier alpha value is -1.68. The van der Waals surface area contributed by atoms with Crippen molar-refractivity contribution in [1.82, 2.24) is 4.90 Å². The molecule has 4 nitrogen and oxygen atoms in total. The van der Waals surface area contributed by atoms with Crippen LogP contribution in [0.15, 0.2) is 35.1 Å². The Labute approximate surface area is 121 Å². The average Bonchev–Trinajstić information content (AvgIpc) is 2.69. The maximum Gasteiger partial charge on any atom is 0.227 e. The van der Waals surface area contributed by atoms with E-state index in [1.807, 2.05) is 20.8 Å².